The van der Waals surface area contributed by atoms with E-state index in [0.717, 1.165) is 12.8 Å². The Labute approximate surface area is 87.2 Å². The topological polar surface area (TPSA) is 94.0 Å². The van der Waals surface area contributed by atoms with Gasteiger partial charge in [-0.25, -0.2) is 0 Å². The van der Waals surface area contributed by atoms with Gasteiger partial charge in [-0.3, -0.25) is 4.79 Å². The van der Waals surface area contributed by atoms with Crippen LogP contribution in [0.15, 0.2) is 4.52 Å². The lowest BCUT2D eigenvalue weighted by molar-refractivity contribution is 0.0937. The average Bonchev–Trinajstić information content (AvgIpc) is 2.83. The Kier molecular flexibility index (Phi) is 2.68. The molecule has 0 bridgehead atoms. The van der Waals surface area contributed by atoms with Crippen LogP contribution in [-0.2, 0) is 6.42 Å². The predicted molar refractivity (Wildman–Crippen MR) is 52.1 cm³/mol. The number of nitrogens with two attached hydrogens (primary N) is 1. The van der Waals surface area contributed by atoms with Crippen molar-refractivity contribution in [1.82, 2.24) is 15.5 Å². The minimum atomic E-state index is -0.267. The third kappa shape index (κ3) is 2.76. The monoisotopic (exact) mass is 210 g/mol. The van der Waals surface area contributed by atoms with E-state index in [9.17, 15) is 4.79 Å². The van der Waals surface area contributed by atoms with Crippen LogP contribution in [0.25, 0.3) is 0 Å². The van der Waals surface area contributed by atoms with Gasteiger partial charge in [0.1, 0.15) is 0 Å². The Morgan fingerprint density at radius 1 is 1.73 bits per heavy atom. The van der Waals surface area contributed by atoms with Crippen molar-refractivity contribution in [3.63, 3.8) is 0 Å². The largest absolute Gasteiger partial charge is 0.346 e. The highest BCUT2D eigenvalue weighted by atomic mass is 16.5. The van der Waals surface area contributed by atoms with Crippen LogP contribution in [-0.4, -0.2) is 28.1 Å². The zero-order valence-corrected chi connectivity index (χ0v) is 8.56. The third-order valence-electron chi connectivity index (χ3n) is 2.08. The number of carbonyl (C=O) groups excluding carboxylic acids is 1. The van der Waals surface area contributed by atoms with Gasteiger partial charge in [0.05, 0.1) is 0 Å². The molecule has 15 heavy (non-hydrogen) atoms. The Bertz CT molecular complexity index is 357. The first kappa shape index (κ1) is 10.1. The van der Waals surface area contributed by atoms with E-state index in [4.69, 9.17) is 10.3 Å². The summed E-state index contributed by atoms with van der Waals surface area (Å²) in [5.41, 5.74) is 5.57. The van der Waals surface area contributed by atoms with Crippen molar-refractivity contribution in [1.29, 1.82) is 0 Å². The van der Waals surface area contributed by atoms with E-state index in [-0.39, 0.29) is 17.8 Å². The van der Waals surface area contributed by atoms with Gasteiger partial charge in [-0.2, -0.15) is 4.98 Å². The van der Waals surface area contributed by atoms with Crippen LogP contribution >= 0.6 is 0 Å². The number of amides is 1. The summed E-state index contributed by atoms with van der Waals surface area (Å²) in [5.74, 6) is 0.237. The van der Waals surface area contributed by atoms with Crippen molar-refractivity contribution in [2.75, 3.05) is 0 Å². The zero-order valence-electron chi connectivity index (χ0n) is 8.56. The van der Waals surface area contributed by atoms with Crippen LogP contribution in [0.2, 0.25) is 0 Å². The van der Waals surface area contributed by atoms with E-state index in [0.29, 0.717) is 18.4 Å². The van der Waals surface area contributed by atoms with Crippen LogP contribution in [0.1, 0.15) is 36.3 Å². The van der Waals surface area contributed by atoms with Gasteiger partial charge in [0.25, 0.3) is 11.7 Å². The number of nitrogens with one attached hydrogen (secondary N) is 1. The highest BCUT2D eigenvalue weighted by molar-refractivity contribution is 5.90. The molecular formula is C9H14N4O2. The first-order valence-corrected chi connectivity index (χ1v) is 5.04. The lowest BCUT2D eigenvalue weighted by Gasteiger charge is -1.97. The summed E-state index contributed by atoms with van der Waals surface area (Å²) in [4.78, 5) is 15.4. The van der Waals surface area contributed by atoms with E-state index in [1.165, 1.54) is 0 Å². The molecule has 2 rings (SSSR count). The molecule has 0 radical (unpaired) electrons. The number of nitrogens with zero attached hydrogens (tertiary/aromatic N) is 2. The quantitative estimate of drug-likeness (QED) is 0.720. The molecule has 0 saturated heterocycles. The molecule has 0 aromatic carbocycles. The van der Waals surface area contributed by atoms with Crippen molar-refractivity contribution in [3.05, 3.63) is 11.7 Å². The van der Waals surface area contributed by atoms with E-state index in [1.54, 1.807) is 0 Å². The van der Waals surface area contributed by atoms with Gasteiger partial charge >= 0.3 is 0 Å². The van der Waals surface area contributed by atoms with Crippen molar-refractivity contribution in [3.8, 4) is 0 Å². The van der Waals surface area contributed by atoms with Gasteiger partial charge in [0.15, 0.2) is 0 Å². The van der Waals surface area contributed by atoms with Crippen molar-refractivity contribution in [2.45, 2.75) is 38.3 Å². The van der Waals surface area contributed by atoms with Crippen molar-refractivity contribution < 1.29 is 9.32 Å². The molecule has 0 spiro atoms. The Morgan fingerprint density at radius 2 is 2.47 bits per heavy atom. The number of aromatic nitrogens is 2. The maximum Gasteiger partial charge on any atom is 0.292 e. The van der Waals surface area contributed by atoms with Gasteiger partial charge < -0.3 is 15.6 Å². The molecule has 0 aliphatic heterocycles. The minimum Gasteiger partial charge on any atom is -0.346 e. The fourth-order valence-electron chi connectivity index (χ4n) is 1.18. The third-order valence-corrected chi connectivity index (χ3v) is 2.08. The van der Waals surface area contributed by atoms with E-state index in [2.05, 4.69) is 15.5 Å². The summed E-state index contributed by atoms with van der Waals surface area (Å²) >= 11 is 0. The lowest BCUT2D eigenvalue weighted by Crippen LogP contribution is -2.26. The zero-order chi connectivity index (χ0) is 10.8. The number of carbonyl (C=O) groups is 1. The summed E-state index contributed by atoms with van der Waals surface area (Å²) in [6, 6.07) is 0.248. The van der Waals surface area contributed by atoms with Crippen LogP contribution in [0.5, 0.6) is 0 Å². The van der Waals surface area contributed by atoms with Gasteiger partial charge in [-0.05, 0) is 19.8 Å². The minimum absolute atomic E-state index is 0.0511. The Morgan fingerprint density at radius 3 is 3.07 bits per heavy atom. The molecule has 1 heterocycles. The molecule has 6 heteroatoms. The molecule has 1 saturated carbocycles. The fourth-order valence-corrected chi connectivity index (χ4v) is 1.18. The number of hydrogen-bond acceptors (Lipinski definition) is 5. The molecule has 3 N–H and O–H groups in total. The molecular weight excluding hydrogens is 196 g/mol. The van der Waals surface area contributed by atoms with Crippen LogP contribution in [0.4, 0.5) is 0 Å². The predicted octanol–water partition coefficient (Wildman–Crippen LogP) is -0.148. The average molecular weight is 210 g/mol. The number of rotatable bonds is 4. The highest BCUT2D eigenvalue weighted by Gasteiger charge is 2.26. The van der Waals surface area contributed by atoms with Gasteiger partial charge in [0.2, 0.25) is 5.89 Å². The summed E-state index contributed by atoms with van der Waals surface area (Å²) in [6.45, 7) is 1.84. The maximum absolute atomic E-state index is 11.5. The second-order valence-electron chi connectivity index (χ2n) is 3.94. The standard InChI is InChI=1S/C9H14N4O2/c1-5(10)4-7-12-8(13-15-7)9(14)11-6-2-3-6/h5-6H,2-4,10H2,1H3,(H,11,14). The van der Waals surface area contributed by atoms with Crippen molar-refractivity contribution >= 4 is 5.91 Å². The second-order valence-corrected chi connectivity index (χ2v) is 3.94. The maximum atomic E-state index is 11.5. The summed E-state index contributed by atoms with van der Waals surface area (Å²) in [6.07, 6.45) is 2.57. The summed E-state index contributed by atoms with van der Waals surface area (Å²) in [7, 11) is 0. The molecule has 1 aliphatic carbocycles. The second kappa shape index (κ2) is 3.98. The fraction of sp³-hybridized carbons (Fsp3) is 0.667. The molecule has 6 nitrogen and oxygen atoms in total. The van der Waals surface area contributed by atoms with Crippen molar-refractivity contribution in [2.24, 2.45) is 5.73 Å². The molecule has 1 aromatic heterocycles. The van der Waals surface area contributed by atoms with E-state index < -0.39 is 0 Å². The Hall–Kier alpha value is -1.43. The van der Waals surface area contributed by atoms with Crippen LogP contribution < -0.4 is 11.1 Å². The lowest BCUT2D eigenvalue weighted by atomic mass is 10.2. The smallest absolute Gasteiger partial charge is 0.292 e. The first-order valence-electron chi connectivity index (χ1n) is 5.04. The van der Waals surface area contributed by atoms with Gasteiger partial charge in [0, 0.05) is 18.5 Å². The SMILES string of the molecule is CC(N)Cc1nc(C(=O)NC2CC2)no1. The highest BCUT2D eigenvalue weighted by Crippen LogP contribution is 2.18. The summed E-state index contributed by atoms with van der Waals surface area (Å²) in [5, 5.41) is 6.38. The molecule has 82 valence electrons. The van der Waals surface area contributed by atoms with Gasteiger partial charge in [-0.15, -0.1) is 0 Å². The molecule has 1 aromatic rings. The molecule has 1 fully saturated rings. The molecule has 1 amide bonds. The summed E-state index contributed by atoms with van der Waals surface area (Å²) < 4.78 is 4.90. The first-order chi connectivity index (χ1) is 7.15. The Balaban J connectivity index is 1.95. The normalized spacial score (nSPS) is 17.5. The van der Waals surface area contributed by atoms with E-state index in [1.807, 2.05) is 6.92 Å². The van der Waals surface area contributed by atoms with Gasteiger partial charge in [-0.1, -0.05) is 5.16 Å². The number of hydrogen-bond donors (Lipinski definition) is 2. The van der Waals surface area contributed by atoms with E-state index >= 15 is 0 Å². The van der Waals surface area contributed by atoms with Crippen LogP contribution in [0.3, 0.4) is 0 Å². The molecule has 1 aliphatic rings. The molecule has 1 atom stereocenters. The molecule has 1 unspecified atom stereocenters. The van der Waals surface area contributed by atoms with Crippen LogP contribution in [0, 0.1) is 0 Å².